The van der Waals surface area contributed by atoms with Gasteiger partial charge >= 0.3 is 0 Å². The van der Waals surface area contributed by atoms with Crippen LogP contribution in [0.2, 0.25) is 0 Å². The van der Waals surface area contributed by atoms with Gasteiger partial charge in [-0.2, -0.15) is 5.10 Å². The van der Waals surface area contributed by atoms with Gasteiger partial charge in [0.05, 0.1) is 11.4 Å². The van der Waals surface area contributed by atoms with Gasteiger partial charge in [-0.25, -0.2) is 0 Å². The second-order valence-electron chi connectivity index (χ2n) is 4.96. The number of nitrogens with two attached hydrogens (primary N) is 1. The van der Waals surface area contributed by atoms with Crippen molar-refractivity contribution in [2.24, 2.45) is 7.05 Å². The number of nitrogens with zero attached hydrogens (tertiary/aromatic N) is 3. The Hall–Kier alpha value is -1.19. The Morgan fingerprint density at radius 3 is 2.41 bits per heavy atom. The highest BCUT2D eigenvalue weighted by Crippen LogP contribution is 2.28. The summed E-state index contributed by atoms with van der Waals surface area (Å²) in [5.41, 5.74) is 8.21. The van der Waals surface area contributed by atoms with Crippen LogP contribution >= 0.6 is 0 Å². The summed E-state index contributed by atoms with van der Waals surface area (Å²) in [5, 5.41) is 4.56. The van der Waals surface area contributed by atoms with Gasteiger partial charge in [-0.05, 0) is 19.3 Å². The maximum absolute atomic E-state index is 6.25. The molecule has 1 aromatic rings. The molecule has 1 aliphatic heterocycles. The summed E-state index contributed by atoms with van der Waals surface area (Å²) in [6.45, 7) is 4.41. The van der Waals surface area contributed by atoms with Crippen molar-refractivity contribution < 1.29 is 0 Å². The van der Waals surface area contributed by atoms with Crippen LogP contribution in [0.5, 0.6) is 0 Å². The highest BCUT2D eigenvalue weighted by molar-refractivity contribution is 5.66. The van der Waals surface area contributed by atoms with Crippen LogP contribution in [0.25, 0.3) is 0 Å². The molecule has 0 radical (unpaired) electrons. The third kappa shape index (κ3) is 2.56. The molecule has 1 aromatic heterocycles. The number of aryl methyl sites for hydroxylation is 2. The minimum atomic E-state index is 0.899. The lowest BCUT2D eigenvalue weighted by atomic mass is 10.2. The second-order valence-corrected chi connectivity index (χ2v) is 4.96. The van der Waals surface area contributed by atoms with Gasteiger partial charge in [-0.1, -0.05) is 26.2 Å². The van der Waals surface area contributed by atoms with Crippen LogP contribution in [-0.2, 0) is 13.5 Å². The molecule has 0 aromatic carbocycles. The van der Waals surface area contributed by atoms with Crippen molar-refractivity contribution in [1.29, 1.82) is 0 Å². The van der Waals surface area contributed by atoms with Gasteiger partial charge in [0, 0.05) is 20.1 Å². The van der Waals surface area contributed by atoms with E-state index in [0.29, 0.717) is 0 Å². The van der Waals surface area contributed by atoms with Crippen molar-refractivity contribution in [3.8, 4) is 0 Å². The van der Waals surface area contributed by atoms with Crippen LogP contribution < -0.4 is 10.6 Å². The van der Waals surface area contributed by atoms with Crippen molar-refractivity contribution >= 4 is 11.5 Å². The third-order valence-corrected chi connectivity index (χ3v) is 3.52. The molecule has 1 aliphatic rings. The van der Waals surface area contributed by atoms with Gasteiger partial charge < -0.3 is 10.6 Å². The number of rotatable bonds is 3. The molecule has 1 saturated heterocycles. The van der Waals surface area contributed by atoms with Crippen LogP contribution in [0.15, 0.2) is 0 Å². The topological polar surface area (TPSA) is 47.1 Å². The second kappa shape index (κ2) is 5.43. The van der Waals surface area contributed by atoms with Gasteiger partial charge in [0.15, 0.2) is 0 Å². The molecule has 2 rings (SSSR count). The van der Waals surface area contributed by atoms with Crippen LogP contribution in [0.3, 0.4) is 0 Å². The van der Waals surface area contributed by atoms with Gasteiger partial charge in [-0.3, -0.25) is 4.68 Å². The molecule has 2 heterocycles. The monoisotopic (exact) mass is 236 g/mol. The summed E-state index contributed by atoms with van der Waals surface area (Å²) < 4.78 is 1.96. The zero-order chi connectivity index (χ0) is 12.3. The molecule has 0 atom stereocenters. The summed E-state index contributed by atoms with van der Waals surface area (Å²) in [4.78, 5) is 2.41. The maximum Gasteiger partial charge on any atom is 0.150 e. The Morgan fingerprint density at radius 1 is 1.18 bits per heavy atom. The van der Waals surface area contributed by atoms with Crippen molar-refractivity contribution in [1.82, 2.24) is 9.78 Å². The van der Waals surface area contributed by atoms with E-state index in [4.69, 9.17) is 5.73 Å². The number of anilines is 2. The number of hydrogen-bond acceptors (Lipinski definition) is 3. The molecule has 4 heteroatoms. The van der Waals surface area contributed by atoms with E-state index in [0.717, 1.165) is 43.1 Å². The fourth-order valence-electron chi connectivity index (χ4n) is 2.66. The van der Waals surface area contributed by atoms with E-state index >= 15 is 0 Å². The zero-order valence-corrected chi connectivity index (χ0v) is 11.1. The highest BCUT2D eigenvalue weighted by atomic mass is 15.4. The number of nitrogen functional groups attached to an aromatic ring is 1. The first kappa shape index (κ1) is 12.3. The fourth-order valence-corrected chi connectivity index (χ4v) is 2.66. The van der Waals surface area contributed by atoms with E-state index in [9.17, 15) is 0 Å². The molecule has 96 valence electrons. The van der Waals surface area contributed by atoms with E-state index in [1.165, 1.54) is 25.7 Å². The lowest BCUT2D eigenvalue weighted by Crippen LogP contribution is -2.26. The largest absolute Gasteiger partial charge is 0.394 e. The highest BCUT2D eigenvalue weighted by Gasteiger charge is 2.19. The van der Waals surface area contributed by atoms with Crippen molar-refractivity contribution in [2.75, 3.05) is 23.7 Å². The Morgan fingerprint density at radius 2 is 1.82 bits per heavy atom. The minimum Gasteiger partial charge on any atom is -0.394 e. The lowest BCUT2D eigenvalue weighted by Gasteiger charge is -2.22. The first-order valence-electron chi connectivity index (χ1n) is 6.80. The third-order valence-electron chi connectivity index (χ3n) is 3.52. The molecule has 1 fully saturated rings. The molecular formula is C13H24N4. The van der Waals surface area contributed by atoms with E-state index < -0.39 is 0 Å². The predicted molar refractivity (Wildman–Crippen MR) is 72.3 cm³/mol. The summed E-state index contributed by atoms with van der Waals surface area (Å²) in [6.07, 6.45) is 7.31. The molecule has 4 nitrogen and oxygen atoms in total. The van der Waals surface area contributed by atoms with E-state index in [-0.39, 0.29) is 0 Å². The molecule has 17 heavy (non-hydrogen) atoms. The zero-order valence-electron chi connectivity index (χ0n) is 11.1. The Bertz CT molecular complexity index is 362. The van der Waals surface area contributed by atoms with Crippen LogP contribution in [0.1, 0.15) is 44.7 Å². The van der Waals surface area contributed by atoms with Crippen molar-refractivity contribution in [2.45, 2.75) is 45.4 Å². The lowest BCUT2D eigenvalue weighted by molar-refractivity contribution is 0.690. The Kier molecular flexibility index (Phi) is 3.92. The molecule has 0 aliphatic carbocycles. The Balaban J connectivity index is 2.23. The number of hydrogen-bond donors (Lipinski definition) is 1. The quantitative estimate of drug-likeness (QED) is 0.876. The molecule has 0 spiro atoms. The van der Waals surface area contributed by atoms with Crippen LogP contribution in [0.4, 0.5) is 11.5 Å². The SMILES string of the molecule is CCCc1nn(C)c(N2CCCCCC2)c1N. The number of aromatic nitrogens is 2. The predicted octanol–water partition coefficient (Wildman–Crippen LogP) is 2.34. The van der Waals surface area contributed by atoms with E-state index in [1.807, 2.05) is 11.7 Å². The van der Waals surface area contributed by atoms with Crippen molar-refractivity contribution in [3.05, 3.63) is 5.69 Å². The summed E-state index contributed by atoms with van der Waals surface area (Å²) in [6, 6.07) is 0. The fraction of sp³-hybridized carbons (Fsp3) is 0.769. The van der Waals surface area contributed by atoms with Gasteiger partial charge in [0.2, 0.25) is 0 Å². The molecular weight excluding hydrogens is 212 g/mol. The van der Waals surface area contributed by atoms with Crippen LogP contribution in [-0.4, -0.2) is 22.9 Å². The van der Waals surface area contributed by atoms with Gasteiger partial charge in [-0.15, -0.1) is 0 Å². The summed E-state index contributed by atoms with van der Waals surface area (Å²) >= 11 is 0. The van der Waals surface area contributed by atoms with E-state index in [2.05, 4.69) is 16.9 Å². The van der Waals surface area contributed by atoms with Crippen molar-refractivity contribution in [3.63, 3.8) is 0 Å². The molecule has 0 amide bonds. The summed E-state index contributed by atoms with van der Waals surface area (Å²) in [5.74, 6) is 1.13. The first-order chi connectivity index (χ1) is 8.24. The normalized spacial score (nSPS) is 17.2. The molecule has 0 unspecified atom stereocenters. The van der Waals surface area contributed by atoms with Gasteiger partial charge in [0.1, 0.15) is 5.82 Å². The average Bonchev–Trinajstić information content (AvgIpc) is 2.52. The summed E-state index contributed by atoms with van der Waals surface area (Å²) in [7, 11) is 2.01. The van der Waals surface area contributed by atoms with Gasteiger partial charge in [0.25, 0.3) is 0 Å². The van der Waals surface area contributed by atoms with Crippen LogP contribution in [0, 0.1) is 0 Å². The maximum atomic E-state index is 6.25. The smallest absolute Gasteiger partial charge is 0.150 e. The first-order valence-corrected chi connectivity index (χ1v) is 6.80. The Labute approximate surface area is 104 Å². The molecule has 0 bridgehead atoms. The average molecular weight is 236 g/mol. The minimum absolute atomic E-state index is 0.899. The van der Waals surface area contributed by atoms with E-state index in [1.54, 1.807) is 0 Å². The molecule has 0 saturated carbocycles. The molecule has 2 N–H and O–H groups in total. The standard InChI is InChI=1S/C13H24N4/c1-3-8-11-12(14)13(16(2)15-11)17-9-6-4-5-7-10-17/h3-10,14H2,1-2H3.